The van der Waals surface area contributed by atoms with Gasteiger partial charge in [0.15, 0.2) is 10.2 Å². The minimum absolute atomic E-state index is 0.250. The first-order valence-electron chi connectivity index (χ1n) is 11.3. The number of rotatable bonds is 8. The van der Waals surface area contributed by atoms with Crippen molar-refractivity contribution in [3.63, 3.8) is 0 Å². The van der Waals surface area contributed by atoms with Gasteiger partial charge in [0.05, 0.1) is 12.2 Å². The molecule has 0 unspecified atom stereocenters. The number of nitrogens with one attached hydrogen (secondary N) is 4. The van der Waals surface area contributed by atoms with Crippen LogP contribution in [0.2, 0.25) is 0 Å². The van der Waals surface area contributed by atoms with Crippen molar-refractivity contribution in [1.82, 2.24) is 10.6 Å². The summed E-state index contributed by atoms with van der Waals surface area (Å²) < 4.78 is 17.1. The van der Waals surface area contributed by atoms with Crippen LogP contribution in [0, 0.1) is 0 Å². The van der Waals surface area contributed by atoms with Gasteiger partial charge in [-0.25, -0.2) is 0 Å². The second-order valence-electron chi connectivity index (χ2n) is 8.09. The van der Waals surface area contributed by atoms with Crippen molar-refractivity contribution in [1.29, 1.82) is 0 Å². The Hall–Kier alpha value is -2.46. The maximum atomic E-state index is 5.94. The van der Waals surface area contributed by atoms with Crippen LogP contribution < -0.4 is 26.0 Å². The Labute approximate surface area is 205 Å². The lowest BCUT2D eigenvalue weighted by Crippen LogP contribution is -2.34. The van der Waals surface area contributed by atoms with Gasteiger partial charge in [0.25, 0.3) is 0 Å². The number of thiocarbonyl (C=S) groups is 2. The van der Waals surface area contributed by atoms with E-state index in [2.05, 4.69) is 21.3 Å². The fourth-order valence-corrected chi connectivity index (χ4v) is 4.13. The van der Waals surface area contributed by atoms with E-state index in [4.69, 9.17) is 38.6 Å². The number of anilines is 2. The van der Waals surface area contributed by atoms with Crippen molar-refractivity contribution in [3.8, 4) is 11.5 Å². The van der Waals surface area contributed by atoms with E-state index >= 15 is 0 Å². The minimum atomic E-state index is 0.250. The van der Waals surface area contributed by atoms with Crippen molar-refractivity contribution in [3.05, 3.63) is 48.5 Å². The maximum absolute atomic E-state index is 5.94. The molecule has 33 heavy (non-hydrogen) atoms. The van der Waals surface area contributed by atoms with Gasteiger partial charge in [-0.1, -0.05) is 0 Å². The molecule has 7 nitrogen and oxygen atoms in total. The molecule has 4 N–H and O–H groups in total. The molecule has 2 aliphatic heterocycles. The molecule has 2 aromatic rings. The smallest absolute Gasteiger partial charge is 0.170 e. The summed E-state index contributed by atoms with van der Waals surface area (Å²) in [6.45, 7) is 3.14. The average Bonchev–Trinajstić information content (AvgIpc) is 3.53. The predicted octanol–water partition coefficient (Wildman–Crippen LogP) is 4.41. The van der Waals surface area contributed by atoms with Gasteiger partial charge in [0.1, 0.15) is 11.5 Å². The molecule has 0 radical (unpaired) electrons. The second-order valence-corrected chi connectivity index (χ2v) is 8.91. The van der Waals surface area contributed by atoms with E-state index < -0.39 is 0 Å². The van der Waals surface area contributed by atoms with Crippen LogP contribution in [-0.2, 0) is 9.47 Å². The maximum Gasteiger partial charge on any atom is 0.170 e. The van der Waals surface area contributed by atoms with Gasteiger partial charge >= 0.3 is 0 Å². The molecular weight excluding hydrogens is 456 g/mol. The summed E-state index contributed by atoms with van der Waals surface area (Å²) in [5, 5.41) is 14.0. The molecule has 2 aromatic carbocycles. The van der Waals surface area contributed by atoms with Crippen LogP contribution in [0.1, 0.15) is 25.7 Å². The molecule has 0 aromatic heterocycles. The predicted molar refractivity (Wildman–Crippen MR) is 139 cm³/mol. The molecule has 0 saturated carbocycles. The minimum Gasteiger partial charge on any atom is -0.457 e. The summed E-state index contributed by atoms with van der Waals surface area (Å²) in [6.07, 6.45) is 4.90. The first-order valence-corrected chi connectivity index (χ1v) is 12.2. The molecule has 9 heteroatoms. The van der Waals surface area contributed by atoms with Crippen LogP contribution in [0.25, 0.3) is 0 Å². The van der Waals surface area contributed by atoms with Crippen molar-refractivity contribution in [2.75, 3.05) is 36.9 Å². The van der Waals surface area contributed by atoms with E-state index in [0.717, 1.165) is 74.9 Å². The van der Waals surface area contributed by atoms with E-state index in [1.165, 1.54) is 0 Å². The van der Waals surface area contributed by atoms with Crippen molar-refractivity contribution in [2.45, 2.75) is 37.9 Å². The largest absolute Gasteiger partial charge is 0.457 e. The number of benzene rings is 2. The topological polar surface area (TPSA) is 75.8 Å². The van der Waals surface area contributed by atoms with Gasteiger partial charge in [-0.05, 0) is 98.6 Å². The molecule has 0 aliphatic carbocycles. The van der Waals surface area contributed by atoms with E-state index in [1.807, 2.05) is 48.5 Å². The summed E-state index contributed by atoms with van der Waals surface area (Å²) in [7, 11) is 0. The summed E-state index contributed by atoms with van der Waals surface area (Å²) in [6, 6.07) is 15.4. The van der Waals surface area contributed by atoms with Gasteiger partial charge in [0.2, 0.25) is 0 Å². The van der Waals surface area contributed by atoms with Gasteiger partial charge in [-0.15, -0.1) is 0 Å². The number of hydrogen-bond donors (Lipinski definition) is 4. The molecular formula is C24H30N4O3S2. The SMILES string of the molecule is S=C(NC[C@@H]1CCCO1)Nc1ccc(Oc2ccc(NC(=S)NC[C@@H]3CCCO3)cc2)cc1. The first kappa shape index (κ1) is 23.7. The fourth-order valence-electron chi connectivity index (χ4n) is 3.72. The highest BCUT2D eigenvalue weighted by Crippen LogP contribution is 2.24. The summed E-state index contributed by atoms with van der Waals surface area (Å²) in [4.78, 5) is 0. The van der Waals surface area contributed by atoms with Gasteiger partial charge in [-0.2, -0.15) is 0 Å². The van der Waals surface area contributed by atoms with Crippen LogP contribution in [0.4, 0.5) is 11.4 Å². The zero-order chi connectivity index (χ0) is 22.9. The van der Waals surface area contributed by atoms with E-state index in [1.54, 1.807) is 0 Å². The van der Waals surface area contributed by atoms with Gasteiger partial charge < -0.3 is 35.5 Å². The first-order chi connectivity index (χ1) is 16.1. The molecule has 0 amide bonds. The van der Waals surface area contributed by atoms with E-state index in [9.17, 15) is 0 Å². The van der Waals surface area contributed by atoms with Crippen LogP contribution in [0.15, 0.2) is 48.5 Å². The molecule has 2 atom stereocenters. The second kappa shape index (κ2) is 12.1. The van der Waals surface area contributed by atoms with Crippen LogP contribution >= 0.6 is 24.4 Å². The number of hydrogen-bond acceptors (Lipinski definition) is 5. The summed E-state index contributed by atoms with van der Waals surface area (Å²) in [5.41, 5.74) is 1.80. The Kier molecular flexibility index (Phi) is 8.71. The van der Waals surface area contributed by atoms with E-state index in [-0.39, 0.29) is 12.2 Å². The standard InChI is InChI=1S/C24H30N4O3S2/c32-23(25-15-21-3-1-13-29-21)27-17-5-9-19(10-6-17)31-20-11-7-18(8-12-20)28-24(33)26-16-22-4-2-14-30-22/h5-12,21-22H,1-4,13-16H2,(H2,25,27,32)(H2,26,28,33)/t21-,22-/m0/s1. The molecule has 2 saturated heterocycles. The lowest BCUT2D eigenvalue weighted by Gasteiger charge is -2.15. The highest BCUT2D eigenvalue weighted by Gasteiger charge is 2.16. The Morgan fingerprint density at radius 3 is 1.52 bits per heavy atom. The summed E-state index contributed by atoms with van der Waals surface area (Å²) in [5.74, 6) is 1.49. The molecule has 2 fully saturated rings. The zero-order valence-electron chi connectivity index (χ0n) is 18.5. The molecule has 0 bridgehead atoms. The highest BCUT2D eigenvalue weighted by atomic mass is 32.1. The van der Waals surface area contributed by atoms with E-state index in [0.29, 0.717) is 10.2 Å². The molecule has 0 spiro atoms. The molecule has 2 aliphatic rings. The van der Waals surface area contributed by atoms with Crippen molar-refractivity contribution < 1.29 is 14.2 Å². The fraction of sp³-hybridized carbons (Fsp3) is 0.417. The van der Waals surface area contributed by atoms with Gasteiger partial charge in [0, 0.05) is 37.7 Å². The summed E-state index contributed by atoms with van der Waals surface area (Å²) >= 11 is 10.7. The third-order valence-corrected chi connectivity index (χ3v) is 5.98. The third kappa shape index (κ3) is 7.82. The molecule has 2 heterocycles. The van der Waals surface area contributed by atoms with Gasteiger partial charge in [-0.3, -0.25) is 0 Å². The Morgan fingerprint density at radius 2 is 1.15 bits per heavy atom. The molecule has 4 rings (SSSR count). The van der Waals surface area contributed by atoms with Crippen LogP contribution in [0.3, 0.4) is 0 Å². The lowest BCUT2D eigenvalue weighted by atomic mass is 10.2. The van der Waals surface area contributed by atoms with Crippen molar-refractivity contribution in [2.24, 2.45) is 0 Å². The Balaban J connectivity index is 1.19. The molecule has 176 valence electrons. The van der Waals surface area contributed by atoms with Crippen LogP contribution in [0.5, 0.6) is 11.5 Å². The highest BCUT2D eigenvalue weighted by molar-refractivity contribution is 7.80. The Bertz CT molecular complexity index is 837. The quantitative estimate of drug-likeness (QED) is 0.406. The normalized spacial score (nSPS) is 19.6. The Morgan fingerprint density at radius 1 is 0.727 bits per heavy atom. The van der Waals surface area contributed by atoms with Crippen molar-refractivity contribution >= 4 is 46.0 Å². The average molecular weight is 487 g/mol. The monoisotopic (exact) mass is 486 g/mol. The third-order valence-electron chi connectivity index (χ3n) is 5.49. The lowest BCUT2D eigenvalue weighted by molar-refractivity contribution is 0.114. The zero-order valence-corrected chi connectivity index (χ0v) is 20.1. The number of ether oxygens (including phenoxy) is 3. The van der Waals surface area contributed by atoms with Crippen LogP contribution in [-0.4, -0.2) is 48.7 Å².